The molecule has 2 aromatic heterocycles. The molecule has 2 amide bonds. The van der Waals surface area contributed by atoms with Crippen molar-refractivity contribution in [2.75, 3.05) is 30.4 Å². The van der Waals surface area contributed by atoms with Crippen LogP contribution in [-0.2, 0) is 20.7 Å². The summed E-state index contributed by atoms with van der Waals surface area (Å²) in [6, 6.07) is 6.64. The van der Waals surface area contributed by atoms with Gasteiger partial charge < -0.3 is 15.4 Å². The van der Waals surface area contributed by atoms with Crippen molar-refractivity contribution in [3.8, 4) is 0 Å². The number of nitrogens with one attached hydrogen (secondary N) is 3. The lowest BCUT2D eigenvalue weighted by molar-refractivity contribution is -0.124. The van der Waals surface area contributed by atoms with Gasteiger partial charge >= 0.3 is 0 Å². The number of nitrogens with zero attached hydrogens (tertiary/aromatic N) is 4. The molecule has 11 heteroatoms. The number of anilines is 2. The Kier molecular flexibility index (Phi) is 6.17. The van der Waals surface area contributed by atoms with E-state index in [1.54, 1.807) is 22.9 Å². The number of amides is 2. The molecule has 0 saturated carbocycles. The topological polar surface area (TPSA) is 123 Å². The minimum atomic E-state index is -0.410. The summed E-state index contributed by atoms with van der Waals surface area (Å²) >= 11 is 0. The van der Waals surface area contributed by atoms with Gasteiger partial charge in [-0.15, -0.1) is 0 Å². The number of halogens is 1. The first-order chi connectivity index (χ1) is 16.5. The van der Waals surface area contributed by atoms with Crippen molar-refractivity contribution in [3.05, 3.63) is 53.0 Å². The first kappa shape index (κ1) is 22.0. The van der Waals surface area contributed by atoms with Gasteiger partial charge in [0.25, 0.3) is 5.91 Å². The minimum absolute atomic E-state index is 0.0210. The van der Waals surface area contributed by atoms with E-state index in [2.05, 4.69) is 31.0 Å². The molecule has 0 spiro atoms. The minimum Gasteiger partial charge on any atom is -0.381 e. The van der Waals surface area contributed by atoms with E-state index in [1.807, 2.05) is 6.07 Å². The van der Waals surface area contributed by atoms with Gasteiger partial charge in [0.05, 0.1) is 12.6 Å². The van der Waals surface area contributed by atoms with Crippen molar-refractivity contribution < 1.29 is 18.7 Å². The fourth-order valence-corrected chi connectivity index (χ4v) is 4.02. The van der Waals surface area contributed by atoms with Gasteiger partial charge in [-0.05, 0) is 43.0 Å². The highest BCUT2D eigenvalue weighted by atomic mass is 19.1. The molecule has 3 N–H and O–H groups in total. The molecular formula is C23H24FN7O3. The summed E-state index contributed by atoms with van der Waals surface area (Å²) in [4.78, 5) is 32.8. The van der Waals surface area contributed by atoms with Crippen molar-refractivity contribution in [1.82, 2.24) is 24.9 Å². The number of rotatable bonds is 7. The zero-order valence-electron chi connectivity index (χ0n) is 18.4. The van der Waals surface area contributed by atoms with Gasteiger partial charge in [0.2, 0.25) is 17.8 Å². The summed E-state index contributed by atoms with van der Waals surface area (Å²) in [7, 11) is 0. The summed E-state index contributed by atoms with van der Waals surface area (Å²) in [5.41, 5.74) is 2.32. The van der Waals surface area contributed by atoms with Crippen LogP contribution < -0.4 is 16.0 Å². The number of ether oxygens (including phenoxy) is 1. The van der Waals surface area contributed by atoms with Crippen LogP contribution in [-0.4, -0.2) is 57.2 Å². The molecule has 2 saturated heterocycles. The maximum atomic E-state index is 13.5. The molecule has 0 aliphatic carbocycles. The maximum Gasteiger partial charge on any atom is 0.254 e. The highest BCUT2D eigenvalue weighted by Crippen LogP contribution is 2.22. The van der Waals surface area contributed by atoms with Crippen molar-refractivity contribution in [2.45, 2.75) is 31.7 Å². The number of imide groups is 1. The van der Waals surface area contributed by atoms with Crippen LogP contribution in [0, 0.1) is 5.82 Å². The van der Waals surface area contributed by atoms with E-state index in [4.69, 9.17) is 4.74 Å². The molecule has 10 nitrogen and oxygen atoms in total. The molecule has 176 valence electrons. The fraction of sp³-hybridized carbons (Fsp3) is 0.348. The first-order valence-electron chi connectivity index (χ1n) is 11.2. The standard InChI is InChI=1S/C23H24FN7O3/c24-17-3-1-2-14(10-17)4-7-25-23-30-22(27-18-5-8-34-9-6-18)29-20-16(13-26-31(20)23)11-15-12-19(32)28-21(15)33/h1-3,10-11,13,18H,4-9,12H2,(H,28,32,33)(H2,25,27,29,30)/b15-11+. The van der Waals surface area contributed by atoms with Crippen LogP contribution in [0.2, 0.25) is 0 Å². The molecule has 0 atom stereocenters. The highest BCUT2D eigenvalue weighted by Gasteiger charge is 2.25. The third-order valence-corrected chi connectivity index (χ3v) is 5.76. The number of aromatic nitrogens is 4. The monoisotopic (exact) mass is 465 g/mol. The predicted octanol–water partition coefficient (Wildman–Crippen LogP) is 1.94. The average molecular weight is 465 g/mol. The highest BCUT2D eigenvalue weighted by molar-refractivity contribution is 6.15. The second kappa shape index (κ2) is 9.56. The number of hydrogen-bond acceptors (Lipinski definition) is 8. The van der Waals surface area contributed by atoms with E-state index in [0.29, 0.717) is 54.9 Å². The predicted molar refractivity (Wildman–Crippen MR) is 123 cm³/mol. The van der Waals surface area contributed by atoms with Gasteiger partial charge in [-0.25, -0.2) is 4.39 Å². The molecule has 0 unspecified atom stereocenters. The van der Waals surface area contributed by atoms with E-state index in [-0.39, 0.29) is 24.2 Å². The van der Waals surface area contributed by atoms with Gasteiger partial charge in [0.15, 0.2) is 5.65 Å². The third kappa shape index (κ3) is 4.88. The van der Waals surface area contributed by atoms with Crippen molar-refractivity contribution in [3.63, 3.8) is 0 Å². The summed E-state index contributed by atoms with van der Waals surface area (Å²) in [5, 5.41) is 13.3. The SMILES string of the molecule is O=C1C/C(=C\c2cnn3c(NCCc4cccc(F)c4)nc(NC4CCOCC4)nc23)C(=O)N1. The molecule has 1 aromatic carbocycles. The normalized spacial score (nSPS) is 18.0. The zero-order valence-corrected chi connectivity index (χ0v) is 18.4. The fourth-order valence-electron chi connectivity index (χ4n) is 4.02. The summed E-state index contributed by atoms with van der Waals surface area (Å²) in [6.07, 6.45) is 5.51. The van der Waals surface area contributed by atoms with Crippen molar-refractivity contribution in [2.24, 2.45) is 0 Å². The molecule has 2 aliphatic rings. The molecule has 5 rings (SSSR count). The summed E-state index contributed by atoms with van der Waals surface area (Å²) < 4.78 is 20.5. The Balaban J connectivity index is 1.44. The van der Waals surface area contributed by atoms with Crippen molar-refractivity contribution in [1.29, 1.82) is 0 Å². The Morgan fingerprint density at radius 2 is 2.09 bits per heavy atom. The quantitative estimate of drug-likeness (QED) is 0.357. The Morgan fingerprint density at radius 3 is 2.85 bits per heavy atom. The molecule has 0 bridgehead atoms. The second-order valence-corrected chi connectivity index (χ2v) is 8.27. The molecular weight excluding hydrogens is 441 g/mol. The maximum absolute atomic E-state index is 13.5. The van der Waals surface area contributed by atoms with Crippen LogP contribution in [0.3, 0.4) is 0 Å². The number of benzene rings is 1. The Bertz CT molecular complexity index is 1270. The van der Waals surface area contributed by atoms with Crippen LogP contribution in [0.4, 0.5) is 16.3 Å². The molecule has 2 aliphatic heterocycles. The van der Waals surface area contributed by atoms with E-state index >= 15 is 0 Å². The molecule has 3 aromatic rings. The number of hydrogen-bond donors (Lipinski definition) is 3. The summed E-state index contributed by atoms with van der Waals surface area (Å²) in [5.74, 6) is -0.118. The molecule has 34 heavy (non-hydrogen) atoms. The smallest absolute Gasteiger partial charge is 0.254 e. The van der Waals surface area contributed by atoms with E-state index in [1.165, 1.54) is 12.1 Å². The lowest BCUT2D eigenvalue weighted by Gasteiger charge is -2.23. The molecule has 0 radical (unpaired) electrons. The van der Waals surface area contributed by atoms with Gasteiger partial charge in [-0.1, -0.05) is 12.1 Å². The van der Waals surface area contributed by atoms with E-state index < -0.39 is 5.91 Å². The Morgan fingerprint density at radius 1 is 1.24 bits per heavy atom. The van der Waals surface area contributed by atoms with E-state index in [0.717, 1.165) is 18.4 Å². The largest absolute Gasteiger partial charge is 0.381 e. The van der Waals surface area contributed by atoms with E-state index in [9.17, 15) is 14.0 Å². The number of fused-ring (bicyclic) bond motifs is 1. The van der Waals surface area contributed by atoms with Gasteiger partial charge in [-0.2, -0.15) is 19.6 Å². The van der Waals surface area contributed by atoms with Gasteiger partial charge in [0.1, 0.15) is 5.82 Å². The first-order valence-corrected chi connectivity index (χ1v) is 11.2. The number of carbonyl (C=O) groups excluding carboxylic acids is 2. The van der Waals surface area contributed by atoms with Crippen LogP contribution in [0.15, 0.2) is 36.0 Å². The van der Waals surface area contributed by atoms with Crippen molar-refractivity contribution >= 4 is 35.4 Å². The summed E-state index contributed by atoms with van der Waals surface area (Å²) in [6.45, 7) is 1.84. The Labute approximate surface area is 194 Å². The Hall–Kier alpha value is -3.86. The lowest BCUT2D eigenvalue weighted by Crippen LogP contribution is -2.29. The molecule has 4 heterocycles. The lowest BCUT2D eigenvalue weighted by atomic mass is 10.1. The van der Waals surface area contributed by atoms with Gasteiger partial charge in [0, 0.05) is 36.9 Å². The van der Waals surface area contributed by atoms with Crippen LogP contribution in [0.1, 0.15) is 30.4 Å². The van der Waals surface area contributed by atoms with Gasteiger partial charge in [-0.3, -0.25) is 14.9 Å². The number of carbonyl (C=O) groups is 2. The van der Waals surface area contributed by atoms with Crippen LogP contribution in [0.25, 0.3) is 11.7 Å². The van der Waals surface area contributed by atoms with Crippen LogP contribution in [0.5, 0.6) is 0 Å². The van der Waals surface area contributed by atoms with Crippen LogP contribution >= 0.6 is 0 Å². The average Bonchev–Trinajstić information content (AvgIpc) is 3.36. The molecule has 2 fully saturated rings. The second-order valence-electron chi connectivity index (χ2n) is 8.27. The third-order valence-electron chi connectivity index (χ3n) is 5.76. The zero-order chi connectivity index (χ0) is 23.5.